The molecule has 0 aromatic rings. The molecule has 1 saturated carbocycles. The van der Waals surface area contributed by atoms with Crippen molar-refractivity contribution in [3.05, 3.63) is 0 Å². The van der Waals surface area contributed by atoms with Gasteiger partial charge in [0, 0.05) is 6.04 Å². The molecule has 0 heterocycles. The summed E-state index contributed by atoms with van der Waals surface area (Å²) < 4.78 is 0. The van der Waals surface area contributed by atoms with E-state index in [-0.39, 0.29) is 18.8 Å². The van der Waals surface area contributed by atoms with Crippen LogP contribution in [0.4, 0.5) is 0 Å². The molecule has 0 radical (unpaired) electrons. The van der Waals surface area contributed by atoms with Crippen LogP contribution >= 0.6 is 12.4 Å². The summed E-state index contributed by atoms with van der Waals surface area (Å²) in [5.74, 6) is -0.838. The molecule has 0 aliphatic heterocycles. The molecule has 1 fully saturated rings. The summed E-state index contributed by atoms with van der Waals surface area (Å²) >= 11 is 0. The second-order valence-corrected chi connectivity index (χ2v) is 3.79. The minimum absolute atomic E-state index is 0. The molecular weight excluding hydrogens is 208 g/mol. The van der Waals surface area contributed by atoms with Crippen molar-refractivity contribution in [1.82, 2.24) is 0 Å². The van der Waals surface area contributed by atoms with Gasteiger partial charge in [-0.15, -0.1) is 12.4 Å². The fraction of sp³-hybridized carbons (Fsp3) is 0.875. The van der Waals surface area contributed by atoms with Gasteiger partial charge in [0.15, 0.2) is 0 Å². The Morgan fingerprint density at radius 3 is 2.29 bits per heavy atom. The lowest BCUT2D eigenvalue weighted by molar-refractivity contribution is -0.128. The smallest absolute Gasteiger partial charge is 0.247 e. The Labute approximate surface area is 88.9 Å². The summed E-state index contributed by atoms with van der Waals surface area (Å²) in [7, 11) is 0. The van der Waals surface area contributed by atoms with Crippen molar-refractivity contribution in [2.45, 2.75) is 43.4 Å². The van der Waals surface area contributed by atoms with E-state index in [1.54, 1.807) is 0 Å². The topological polar surface area (TPSA) is 110 Å². The fourth-order valence-electron chi connectivity index (χ4n) is 1.55. The van der Waals surface area contributed by atoms with Gasteiger partial charge < -0.3 is 21.7 Å². The quantitative estimate of drug-likeness (QED) is 0.485. The number of amides is 1. The number of aliphatic hydroxyl groups excluding tert-OH is 1. The third-order valence-corrected chi connectivity index (χ3v) is 2.60. The zero-order chi connectivity index (χ0) is 10.1. The van der Waals surface area contributed by atoms with Gasteiger partial charge in [0.05, 0.1) is 5.60 Å². The van der Waals surface area contributed by atoms with Crippen molar-refractivity contribution in [3.8, 4) is 0 Å². The normalized spacial score (nSPS) is 22.8. The van der Waals surface area contributed by atoms with Gasteiger partial charge >= 0.3 is 0 Å². The maximum atomic E-state index is 10.5. The molecule has 0 spiro atoms. The molecular formula is C8H17ClN2O3. The Morgan fingerprint density at radius 1 is 1.50 bits per heavy atom. The lowest BCUT2D eigenvalue weighted by Crippen LogP contribution is -2.50. The number of nitrogens with two attached hydrogens (primary N) is 2. The molecule has 2 unspecified atom stereocenters. The van der Waals surface area contributed by atoms with Crippen LogP contribution in [0.5, 0.6) is 0 Å². The van der Waals surface area contributed by atoms with Gasteiger partial charge in [0.2, 0.25) is 5.91 Å². The number of aliphatic hydroxyl groups is 2. The van der Waals surface area contributed by atoms with Gasteiger partial charge in [-0.25, -0.2) is 0 Å². The molecule has 0 aromatic carbocycles. The SMILES string of the molecule is Cl.NC(=O)C(O)C(N)CC1(O)CCC1. The molecule has 6 heteroatoms. The molecule has 84 valence electrons. The first kappa shape index (κ1) is 13.6. The van der Waals surface area contributed by atoms with Crippen LogP contribution in [-0.4, -0.2) is 33.9 Å². The van der Waals surface area contributed by atoms with Gasteiger partial charge in [0.25, 0.3) is 0 Å². The lowest BCUT2D eigenvalue weighted by Gasteiger charge is -2.38. The molecule has 14 heavy (non-hydrogen) atoms. The monoisotopic (exact) mass is 224 g/mol. The van der Waals surface area contributed by atoms with E-state index in [1.165, 1.54) is 0 Å². The molecule has 2 atom stereocenters. The van der Waals surface area contributed by atoms with E-state index in [2.05, 4.69) is 0 Å². The van der Waals surface area contributed by atoms with Gasteiger partial charge in [-0.05, 0) is 25.7 Å². The zero-order valence-electron chi connectivity index (χ0n) is 7.85. The molecule has 1 rings (SSSR count). The maximum Gasteiger partial charge on any atom is 0.247 e. The average Bonchev–Trinajstić information content (AvgIpc) is 1.99. The summed E-state index contributed by atoms with van der Waals surface area (Å²) in [5, 5.41) is 18.8. The number of halogens is 1. The average molecular weight is 225 g/mol. The van der Waals surface area contributed by atoms with Gasteiger partial charge in [-0.2, -0.15) is 0 Å². The number of carbonyl (C=O) groups is 1. The minimum Gasteiger partial charge on any atom is -0.390 e. The zero-order valence-corrected chi connectivity index (χ0v) is 8.67. The van der Waals surface area contributed by atoms with Gasteiger partial charge in [-0.1, -0.05) is 0 Å². The van der Waals surface area contributed by atoms with Gasteiger partial charge in [0.1, 0.15) is 6.10 Å². The highest BCUT2D eigenvalue weighted by molar-refractivity contribution is 5.85. The highest BCUT2D eigenvalue weighted by Gasteiger charge is 2.38. The molecule has 5 nitrogen and oxygen atoms in total. The summed E-state index contributed by atoms with van der Waals surface area (Å²) in [6.45, 7) is 0. The Balaban J connectivity index is 0.00000169. The molecule has 1 aliphatic carbocycles. The standard InChI is InChI=1S/C8H16N2O3.ClH/c9-5(6(11)7(10)12)4-8(13)2-1-3-8;/h5-6,11,13H,1-4,9H2,(H2,10,12);1H. The van der Waals surface area contributed by atoms with Crippen molar-refractivity contribution >= 4 is 18.3 Å². The van der Waals surface area contributed by atoms with E-state index in [1.807, 2.05) is 0 Å². The van der Waals surface area contributed by atoms with E-state index < -0.39 is 23.7 Å². The predicted molar refractivity (Wildman–Crippen MR) is 53.8 cm³/mol. The second kappa shape index (κ2) is 4.93. The number of primary amides is 1. The van der Waals surface area contributed by atoms with E-state index in [0.717, 1.165) is 6.42 Å². The first-order valence-corrected chi connectivity index (χ1v) is 4.40. The van der Waals surface area contributed by atoms with Crippen LogP contribution in [0.25, 0.3) is 0 Å². The molecule has 0 bridgehead atoms. The number of rotatable bonds is 4. The summed E-state index contributed by atoms with van der Waals surface area (Å²) in [5.41, 5.74) is 9.59. The van der Waals surface area contributed by atoms with E-state index in [4.69, 9.17) is 16.6 Å². The van der Waals surface area contributed by atoms with Crippen molar-refractivity contribution in [1.29, 1.82) is 0 Å². The number of hydrogen-bond donors (Lipinski definition) is 4. The third-order valence-electron chi connectivity index (χ3n) is 2.60. The molecule has 1 aliphatic rings. The van der Waals surface area contributed by atoms with Crippen molar-refractivity contribution < 1.29 is 15.0 Å². The van der Waals surface area contributed by atoms with E-state index in [0.29, 0.717) is 12.8 Å². The summed E-state index contributed by atoms with van der Waals surface area (Å²) in [6, 6.07) is -0.761. The number of carbonyl (C=O) groups excluding carboxylic acids is 1. The fourth-order valence-corrected chi connectivity index (χ4v) is 1.55. The highest BCUT2D eigenvalue weighted by Crippen LogP contribution is 2.35. The third kappa shape index (κ3) is 3.09. The predicted octanol–water partition coefficient (Wildman–Crippen LogP) is -1.11. The van der Waals surface area contributed by atoms with Crippen LogP contribution in [0, 0.1) is 0 Å². The lowest BCUT2D eigenvalue weighted by atomic mass is 9.75. The van der Waals surface area contributed by atoms with Crippen LogP contribution in [0.2, 0.25) is 0 Å². The highest BCUT2D eigenvalue weighted by atomic mass is 35.5. The molecule has 0 aromatic heterocycles. The van der Waals surface area contributed by atoms with E-state index in [9.17, 15) is 9.90 Å². The summed E-state index contributed by atoms with van der Waals surface area (Å²) in [6.07, 6.45) is 1.22. The van der Waals surface area contributed by atoms with Crippen LogP contribution in [0.15, 0.2) is 0 Å². The van der Waals surface area contributed by atoms with Crippen LogP contribution in [0.3, 0.4) is 0 Å². The minimum atomic E-state index is -1.36. The second-order valence-electron chi connectivity index (χ2n) is 3.79. The van der Waals surface area contributed by atoms with Crippen LogP contribution < -0.4 is 11.5 Å². The van der Waals surface area contributed by atoms with Gasteiger partial charge in [-0.3, -0.25) is 4.79 Å². The first-order valence-electron chi connectivity index (χ1n) is 4.40. The largest absolute Gasteiger partial charge is 0.390 e. The van der Waals surface area contributed by atoms with Crippen molar-refractivity contribution in [3.63, 3.8) is 0 Å². The van der Waals surface area contributed by atoms with Crippen LogP contribution in [0.1, 0.15) is 25.7 Å². The Morgan fingerprint density at radius 2 is 2.00 bits per heavy atom. The Bertz CT molecular complexity index is 209. The Hall–Kier alpha value is -0.360. The van der Waals surface area contributed by atoms with Crippen molar-refractivity contribution in [2.75, 3.05) is 0 Å². The van der Waals surface area contributed by atoms with E-state index >= 15 is 0 Å². The number of hydrogen-bond acceptors (Lipinski definition) is 4. The summed E-state index contributed by atoms with van der Waals surface area (Å²) in [4.78, 5) is 10.5. The molecule has 1 amide bonds. The van der Waals surface area contributed by atoms with Crippen LogP contribution in [-0.2, 0) is 4.79 Å². The maximum absolute atomic E-state index is 10.5. The molecule has 6 N–H and O–H groups in total. The Kier molecular flexibility index (Phi) is 4.80. The van der Waals surface area contributed by atoms with Crippen molar-refractivity contribution in [2.24, 2.45) is 11.5 Å². The molecule has 0 saturated heterocycles. The first-order chi connectivity index (χ1) is 5.94.